The first kappa shape index (κ1) is 100. The molecule has 4 aromatic heterocycles. The summed E-state index contributed by atoms with van der Waals surface area (Å²) in [7, 11) is 1.32. The second-order valence-corrected chi connectivity index (χ2v) is 55.5. The molecule has 1 amide bonds. The van der Waals surface area contributed by atoms with Gasteiger partial charge in [0.05, 0.1) is 43.8 Å². The molecular formula is C75H123N11O27P5+. The molecule has 0 saturated carbocycles. The summed E-state index contributed by atoms with van der Waals surface area (Å²) in [5.41, 5.74) is -4.28. The number of carbonyl (C=O) groups excluding carboxylic acids is 3. The molecule has 38 nitrogen and oxygen atoms in total. The number of ketones is 2. The molecule has 10 heterocycles. The summed E-state index contributed by atoms with van der Waals surface area (Å²) in [5, 5.41) is 105. The standard InChI is InChI=1S/C16H25N2O7P.C16H25N2O6P.C15H25N2O5P.C15H25N2O4P.C13H22N3O5P/c1-9(19)8-24-11-7-18(16(23)17-14(11)22)15-13(21)12(20)10(25-15)5-6-26(2,3)4;1-9(19)7-10-8-18(16(23)17-14(10)22)15-13(21)12(20)11(24-15)5-6-25(2,3)4;1-5-9-8-17(15(21)16-13(9)20)14-12(19)11(18)10(22-14)6-7-23(2,3)4;1-9-8-17(10(2)16-14(9)20)15-13(19)12(18)11(21-15)6-7-22(3,4)5;1-15-12(19)14-7-16(13(15)20)11-10(18)9(17)8(21-11)5-6-22(2,3)4/h7,10,12-13,15,20-21H,2,5-6,8H2,1,3-4H3,(H,17,22,23);8,11-13,15,20-21H,2,5-7H2,1,3-4H3,(H,17,22,23);8,10-12,14,18-19H,2,5-7H2,1,3-4H3,(H,16,20,21);8,11-13,15,18-19H,2-3,6-7H2,1,4-5H3,(H,16,20);7-11,17-18H,2,5-6H2,1,3-4H3/p+1/t10-,12-,13-,15-;11-,12-,13-,15-;10-,11-,12-,14-;11-,12-,13-,15-;8-,9-,10-,11-/m11111/s1. The Kier molecular flexibility index (Phi) is 35.3. The van der Waals surface area contributed by atoms with Crippen LogP contribution in [0.3, 0.4) is 0 Å². The van der Waals surface area contributed by atoms with Gasteiger partial charge in [0.1, 0.15) is 79.3 Å². The molecular weight excluding hydrogens is 1640 g/mol. The number of ether oxygens (including phenoxy) is 6. The first-order valence-corrected chi connectivity index (χ1v) is 53.4. The number of aryl methyl sites for hydroxylation is 1. The monoisotopic (exact) mass is 1760 g/mol. The van der Waals surface area contributed by atoms with Crippen LogP contribution in [0.25, 0.3) is 0 Å². The first-order valence-electron chi connectivity index (χ1n) is 38.1. The molecule has 0 aliphatic carbocycles. The van der Waals surface area contributed by atoms with Crippen LogP contribution in [0.4, 0.5) is 0 Å². The molecule has 43 heteroatoms. The zero-order valence-electron chi connectivity index (χ0n) is 69.7. The van der Waals surface area contributed by atoms with Gasteiger partial charge in [0, 0.05) is 41.7 Å². The molecule has 10 rings (SSSR count). The van der Waals surface area contributed by atoms with Gasteiger partial charge in [-0.3, -0.25) is 57.4 Å². The second kappa shape index (κ2) is 41.5. The Bertz CT molecular complexity index is 5040. The van der Waals surface area contributed by atoms with Crippen LogP contribution in [0.5, 0.6) is 5.75 Å². The molecule has 4 aromatic rings. The van der Waals surface area contributed by atoms with Crippen molar-refractivity contribution >= 4 is 83.4 Å². The molecule has 0 radical (unpaired) electrons. The average Bonchev–Trinajstić information content (AvgIpc) is 1.64. The molecule has 0 spiro atoms. The van der Waals surface area contributed by atoms with Crippen LogP contribution in [0.15, 0.2) is 87.4 Å². The van der Waals surface area contributed by atoms with E-state index in [4.69, 9.17) is 28.4 Å². The number of nitrogens with one attached hydrogen (secondary N) is 5. The van der Waals surface area contributed by atoms with E-state index in [9.17, 15) is 104 Å². The van der Waals surface area contributed by atoms with Crippen molar-refractivity contribution in [2.24, 2.45) is 7.05 Å². The van der Waals surface area contributed by atoms with Gasteiger partial charge < -0.3 is 89.7 Å². The average molecular weight is 1770 g/mol. The smallest absolute Gasteiger partial charge is 0.450 e. The SMILES string of the molecule is C=C1NC(=O)C(C)=CN1[C@@H]1O[C@H](CCP(=C)(C)C)[C@@H](O)[C@H]1O.C=P(C)(C)CC[C@H]1O[C@@H]([n+]2c[nH]c(=O)n(C)c2=O)[C@H](O)[C@@H]1O.C=P(C)(C)CC[C@H]1O[C@@H](n2cc(CC(C)=O)c(=O)[nH]c2=O)[C@H](O)[C@@H]1O.C=P(C)(C)CC[C@H]1O[C@@H](n2cc(CC)c(=O)[nH]c2=O)[C@H](O)[C@@H]1O.C=P(C)(C)CC[C@H]1O[C@@H](n2cc(OCC(C)=O)c(=O)[nH]c2=O)[C@H](O)[C@@H]1O. The van der Waals surface area contributed by atoms with E-state index in [1.165, 1.54) is 33.3 Å². The lowest BCUT2D eigenvalue weighted by Gasteiger charge is -2.34. The van der Waals surface area contributed by atoms with Crippen LogP contribution >= 0.6 is 34.4 Å². The van der Waals surface area contributed by atoms with Crippen LogP contribution in [0, 0.1) is 0 Å². The quantitative estimate of drug-likeness (QED) is 0.0218. The summed E-state index contributed by atoms with van der Waals surface area (Å²) in [4.78, 5) is 139. The third-order valence-corrected chi connectivity index (χ3v) is 27.2. The number of Topliss-reactive ketones (excluding diaryl/α,β-unsaturated/α-hetero) is 2. The fraction of sp³-hybridized carbons (Fsp3) is 0.640. The summed E-state index contributed by atoms with van der Waals surface area (Å²) in [5.74, 6) is -0.678. The highest BCUT2D eigenvalue weighted by Crippen LogP contribution is 2.44. The Labute approximate surface area is 683 Å². The Morgan fingerprint density at radius 1 is 0.475 bits per heavy atom. The van der Waals surface area contributed by atoms with Crippen molar-refractivity contribution in [3.63, 3.8) is 0 Å². The van der Waals surface area contributed by atoms with Gasteiger partial charge in [-0.05, 0) is 157 Å². The number of nitrogens with zero attached hydrogens (tertiary/aromatic N) is 6. The summed E-state index contributed by atoms with van der Waals surface area (Å²) < 4.78 is 38.8. The third-order valence-electron chi connectivity index (χ3n) is 19.8. The van der Waals surface area contributed by atoms with E-state index in [2.05, 4.69) is 117 Å². The van der Waals surface area contributed by atoms with Gasteiger partial charge in [0.25, 0.3) is 22.6 Å². The van der Waals surface area contributed by atoms with Gasteiger partial charge in [-0.2, -0.15) is 9.13 Å². The molecule has 0 unspecified atom stereocenters. The highest BCUT2D eigenvalue weighted by molar-refractivity contribution is 7.73. The largest absolute Gasteiger partial charge is 0.479 e. The summed E-state index contributed by atoms with van der Waals surface area (Å²) >= 11 is 0. The number of rotatable bonds is 26. The van der Waals surface area contributed by atoms with Gasteiger partial charge in [-0.25, -0.2) is 29.0 Å². The molecule has 20 atom stereocenters. The molecule has 15 N–H and O–H groups in total. The second-order valence-electron chi connectivity index (χ2n) is 33.9. The van der Waals surface area contributed by atoms with Crippen LogP contribution in [-0.4, -0.2) is 345 Å². The highest BCUT2D eigenvalue weighted by Gasteiger charge is 2.50. The molecule has 0 aromatic carbocycles. The maximum atomic E-state index is 12.1. The van der Waals surface area contributed by atoms with Crippen molar-refractivity contribution in [3.05, 3.63) is 144 Å². The summed E-state index contributed by atoms with van der Waals surface area (Å²) in [6.07, 6.45) is 14.5. The summed E-state index contributed by atoms with van der Waals surface area (Å²) in [6.45, 7) is 23.9. The maximum absolute atomic E-state index is 12.1. The van der Waals surface area contributed by atoms with Crippen molar-refractivity contribution in [1.82, 2.24) is 48.4 Å². The number of aliphatic hydroxyl groups excluding tert-OH is 10. The number of aromatic nitrogens is 9. The Morgan fingerprint density at radius 3 is 1.19 bits per heavy atom. The van der Waals surface area contributed by atoms with Gasteiger partial charge in [0.2, 0.25) is 12.0 Å². The van der Waals surface area contributed by atoms with E-state index in [1.54, 1.807) is 24.9 Å². The zero-order valence-corrected chi connectivity index (χ0v) is 74.2. The fourth-order valence-electron chi connectivity index (χ4n) is 13.0. The van der Waals surface area contributed by atoms with Crippen LogP contribution in [-0.2, 0) is 58.0 Å². The van der Waals surface area contributed by atoms with Gasteiger partial charge in [0.15, 0.2) is 37.0 Å². The van der Waals surface area contributed by atoms with E-state index >= 15 is 0 Å². The maximum Gasteiger partial charge on any atom is 0.450 e. The fourth-order valence-corrected chi connectivity index (χ4v) is 17.7. The minimum atomic E-state index is -1.35. The highest BCUT2D eigenvalue weighted by atomic mass is 31.2. The lowest BCUT2D eigenvalue weighted by atomic mass is 10.1. The zero-order chi connectivity index (χ0) is 89.3. The topological polar surface area (TPSA) is 547 Å². The number of aromatic amines is 4. The number of hydrogen-bond acceptors (Lipinski definition) is 28. The number of amides is 1. The molecule has 664 valence electrons. The van der Waals surface area contributed by atoms with E-state index in [0.29, 0.717) is 55.5 Å². The number of H-pyrrole nitrogens is 4. The van der Waals surface area contributed by atoms with Crippen molar-refractivity contribution < 1.29 is 98.4 Å². The van der Waals surface area contributed by atoms with Crippen molar-refractivity contribution in [2.45, 2.75) is 195 Å². The molecule has 5 fully saturated rings. The van der Waals surface area contributed by atoms with Gasteiger partial charge in [-0.15, -0.1) is 65.9 Å². The minimum absolute atomic E-state index is 0.102. The number of hydrogen-bond donors (Lipinski definition) is 15. The van der Waals surface area contributed by atoms with Gasteiger partial charge in [-0.1, -0.05) is 13.5 Å². The van der Waals surface area contributed by atoms with E-state index in [1.807, 2.05) is 13.3 Å². The lowest BCUT2D eigenvalue weighted by molar-refractivity contribution is -0.783. The van der Waals surface area contributed by atoms with Crippen molar-refractivity contribution in [1.29, 1.82) is 0 Å². The Balaban J connectivity index is 0.000000229. The predicted molar refractivity (Wildman–Crippen MR) is 461 cm³/mol. The Morgan fingerprint density at radius 2 is 0.814 bits per heavy atom. The normalized spacial score (nSPS) is 28.4. The number of aliphatic hydroxyl groups is 10. The molecule has 6 aliphatic heterocycles. The third kappa shape index (κ3) is 27.7. The van der Waals surface area contributed by atoms with E-state index in [-0.39, 0.29) is 41.8 Å². The lowest BCUT2D eigenvalue weighted by Crippen LogP contribution is -2.62. The first-order chi connectivity index (χ1) is 54.3. The van der Waals surface area contributed by atoms with E-state index in [0.717, 1.165) is 66.2 Å². The molecule has 6 aliphatic rings. The van der Waals surface area contributed by atoms with Gasteiger partial charge >= 0.3 is 28.4 Å². The molecule has 5 saturated heterocycles. The predicted octanol–water partition coefficient (Wildman–Crippen LogP) is -3.15. The molecule has 118 heavy (non-hydrogen) atoms. The van der Waals surface area contributed by atoms with E-state index < -0.39 is 202 Å². The minimum Gasteiger partial charge on any atom is -0.479 e. The van der Waals surface area contributed by atoms with Crippen LogP contribution in [0.2, 0.25) is 0 Å². The Hall–Kier alpha value is -6.56. The molecule has 0 bridgehead atoms. The number of carbonyl (C=O) groups is 3. The van der Waals surface area contributed by atoms with Crippen molar-refractivity contribution in [2.75, 3.05) is 104 Å². The van der Waals surface area contributed by atoms with Crippen LogP contribution < -0.4 is 59.7 Å². The van der Waals surface area contributed by atoms with Crippen molar-refractivity contribution in [3.8, 4) is 5.75 Å². The van der Waals surface area contributed by atoms with Crippen LogP contribution in [0.1, 0.15) is 95.8 Å². The summed E-state index contributed by atoms with van der Waals surface area (Å²) in [6, 6.07) is 0.